The maximum Gasteiger partial charge on any atom is 0.410 e. The monoisotopic (exact) mass is 237 g/mol. The topological polar surface area (TPSA) is 46.6 Å². The number of likely N-dealkylation sites (tertiary alicyclic amines) is 1. The predicted molar refractivity (Wildman–Crippen MR) is 64.4 cm³/mol. The molecular weight excluding hydrogens is 218 g/mol. The van der Waals surface area contributed by atoms with E-state index in [1.165, 1.54) is 4.90 Å². The predicted octanol–water partition coefficient (Wildman–Crippen LogP) is 1.98. The third kappa shape index (κ3) is 3.77. The Kier molecular flexibility index (Phi) is 4.17. The minimum atomic E-state index is -0.557. The third-order valence-electron chi connectivity index (χ3n) is 2.58. The van der Waals surface area contributed by atoms with E-state index in [0.717, 1.165) is 12.8 Å². The van der Waals surface area contributed by atoms with Gasteiger partial charge in [-0.25, -0.2) is 4.79 Å². The summed E-state index contributed by atoms with van der Waals surface area (Å²) in [5.41, 5.74) is -0.557. The smallest absolute Gasteiger partial charge is 0.410 e. The van der Waals surface area contributed by atoms with Crippen molar-refractivity contribution in [1.29, 1.82) is 0 Å². The van der Waals surface area contributed by atoms with Gasteiger partial charge in [-0.3, -0.25) is 9.69 Å². The van der Waals surface area contributed by atoms with Gasteiger partial charge in [0.05, 0.1) is 0 Å². The average molecular weight is 237 g/mol. The Labute approximate surface area is 102 Å². The van der Waals surface area contributed by atoms with Gasteiger partial charge in [-0.15, -0.1) is 6.42 Å². The highest BCUT2D eigenvalue weighted by atomic mass is 16.6. The molecule has 0 saturated carbocycles. The summed E-state index contributed by atoms with van der Waals surface area (Å²) in [5, 5.41) is 0. The van der Waals surface area contributed by atoms with Crippen molar-refractivity contribution in [2.45, 2.75) is 51.7 Å². The Morgan fingerprint density at radius 3 is 2.53 bits per heavy atom. The molecule has 1 aliphatic heterocycles. The van der Waals surface area contributed by atoms with Crippen LogP contribution in [0.1, 0.15) is 40.0 Å². The first-order chi connectivity index (χ1) is 7.85. The van der Waals surface area contributed by atoms with Gasteiger partial charge >= 0.3 is 6.09 Å². The number of ether oxygens (including phenoxy) is 1. The average Bonchev–Trinajstić information content (AvgIpc) is 2.25. The van der Waals surface area contributed by atoms with Crippen molar-refractivity contribution >= 4 is 11.9 Å². The van der Waals surface area contributed by atoms with E-state index >= 15 is 0 Å². The van der Waals surface area contributed by atoms with Crippen molar-refractivity contribution in [3.63, 3.8) is 0 Å². The maximum atomic E-state index is 11.9. The van der Waals surface area contributed by atoms with Gasteiger partial charge in [0.15, 0.2) is 0 Å². The molecule has 0 aliphatic carbocycles. The van der Waals surface area contributed by atoms with E-state index in [2.05, 4.69) is 5.92 Å². The molecule has 0 aromatic heterocycles. The van der Waals surface area contributed by atoms with Gasteiger partial charge in [0.1, 0.15) is 11.6 Å². The Balaban J connectivity index is 2.75. The first kappa shape index (κ1) is 13.6. The number of piperidine rings is 1. The second kappa shape index (κ2) is 5.22. The van der Waals surface area contributed by atoms with Gasteiger partial charge in [0.2, 0.25) is 5.78 Å². The van der Waals surface area contributed by atoms with Gasteiger partial charge in [-0.1, -0.05) is 0 Å². The van der Waals surface area contributed by atoms with E-state index in [-0.39, 0.29) is 5.78 Å². The second-order valence-electron chi connectivity index (χ2n) is 5.19. The van der Waals surface area contributed by atoms with Gasteiger partial charge in [0.25, 0.3) is 0 Å². The van der Waals surface area contributed by atoms with Crippen LogP contribution >= 0.6 is 0 Å². The zero-order valence-corrected chi connectivity index (χ0v) is 10.7. The Hall–Kier alpha value is -1.50. The molecule has 0 radical (unpaired) electrons. The fourth-order valence-corrected chi connectivity index (χ4v) is 1.84. The van der Waals surface area contributed by atoms with Crippen molar-refractivity contribution in [2.75, 3.05) is 6.54 Å². The molecule has 1 amide bonds. The fourth-order valence-electron chi connectivity index (χ4n) is 1.84. The van der Waals surface area contributed by atoms with E-state index < -0.39 is 17.7 Å². The summed E-state index contributed by atoms with van der Waals surface area (Å²) >= 11 is 0. The van der Waals surface area contributed by atoms with E-state index in [4.69, 9.17) is 11.2 Å². The second-order valence-corrected chi connectivity index (χ2v) is 5.19. The number of rotatable bonds is 1. The van der Waals surface area contributed by atoms with E-state index in [0.29, 0.717) is 13.0 Å². The minimum absolute atomic E-state index is 0.337. The molecule has 1 aliphatic rings. The number of hydrogen-bond acceptors (Lipinski definition) is 3. The molecule has 1 fully saturated rings. The van der Waals surface area contributed by atoms with E-state index in [1.54, 1.807) is 20.8 Å². The van der Waals surface area contributed by atoms with Gasteiger partial charge in [0, 0.05) is 6.54 Å². The first-order valence-corrected chi connectivity index (χ1v) is 5.85. The Bertz CT molecular complexity index is 349. The van der Waals surface area contributed by atoms with E-state index in [1.807, 2.05) is 0 Å². The molecule has 0 bridgehead atoms. The Morgan fingerprint density at radius 2 is 2.00 bits per heavy atom. The molecule has 0 N–H and O–H groups in total. The summed E-state index contributed by atoms with van der Waals surface area (Å²) in [5.74, 6) is 1.76. The number of nitrogens with zero attached hydrogens (tertiary/aromatic N) is 1. The number of ketones is 1. The lowest BCUT2D eigenvalue weighted by atomic mass is 9.99. The quantitative estimate of drug-likeness (QED) is 0.517. The summed E-state index contributed by atoms with van der Waals surface area (Å²) < 4.78 is 5.27. The molecule has 4 nitrogen and oxygen atoms in total. The van der Waals surface area contributed by atoms with Crippen LogP contribution in [0.4, 0.5) is 4.79 Å². The van der Waals surface area contributed by atoms with Crippen LogP contribution in [-0.4, -0.2) is 35.0 Å². The lowest BCUT2D eigenvalue weighted by Gasteiger charge is -2.34. The summed E-state index contributed by atoms with van der Waals surface area (Å²) in [7, 11) is 0. The number of carbonyl (C=O) groups is 2. The van der Waals surface area contributed by atoms with Crippen molar-refractivity contribution in [3.8, 4) is 12.3 Å². The molecule has 1 saturated heterocycles. The van der Waals surface area contributed by atoms with Crippen LogP contribution in [-0.2, 0) is 9.53 Å². The highest BCUT2D eigenvalue weighted by molar-refractivity contribution is 6.00. The van der Waals surface area contributed by atoms with Crippen LogP contribution in [0.5, 0.6) is 0 Å². The van der Waals surface area contributed by atoms with Gasteiger partial charge < -0.3 is 4.74 Å². The summed E-state index contributed by atoms with van der Waals surface area (Å²) in [6.45, 7) is 5.93. The number of hydrogen-bond donors (Lipinski definition) is 0. The summed E-state index contributed by atoms with van der Waals surface area (Å²) in [6, 6.07) is -0.511. The molecule has 1 rings (SSSR count). The molecule has 1 atom stereocenters. The van der Waals surface area contributed by atoms with E-state index in [9.17, 15) is 9.59 Å². The molecule has 94 valence electrons. The minimum Gasteiger partial charge on any atom is -0.444 e. The highest BCUT2D eigenvalue weighted by Crippen LogP contribution is 2.20. The molecule has 0 spiro atoms. The molecule has 0 aromatic rings. The molecule has 0 unspecified atom stereocenters. The molecule has 1 heterocycles. The van der Waals surface area contributed by atoms with Gasteiger partial charge in [-0.05, 0) is 46.0 Å². The number of terminal acetylenes is 1. The molecule has 17 heavy (non-hydrogen) atoms. The maximum absolute atomic E-state index is 11.9. The molecule has 0 aromatic carbocycles. The lowest BCUT2D eigenvalue weighted by Crippen LogP contribution is -2.49. The van der Waals surface area contributed by atoms with Crippen molar-refractivity contribution in [1.82, 2.24) is 4.90 Å². The SMILES string of the molecule is C#CC(=O)[C@H]1CCCCN1C(=O)OC(C)(C)C. The zero-order chi connectivity index (χ0) is 13.1. The van der Waals surface area contributed by atoms with Crippen molar-refractivity contribution in [3.05, 3.63) is 0 Å². The van der Waals surface area contributed by atoms with Gasteiger partial charge in [-0.2, -0.15) is 0 Å². The first-order valence-electron chi connectivity index (χ1n) is 5.85. The standard InChI is InChI=1S/C13H19NO3/c1-5-11(15)10-8-6-7-9-14(10)12(16)17-13(2,3)4/h1,10H,6-9H2,2-4H3/t10-/m1/s1. The van der Waals surface area contributed by atoms with Crippen molar-refractivity contribution in [2.24, 2.45) is 0 Å². The molecular formula is C13H19NO3. The van der Waals surface area contributed by atoms with Crippen LogP contribution in [0, 0.1) is 12.3 Å². The van der Waals surface area contributed by atoms with Crippen LogP contribution in [0.15, 0.2) is 0 Å². The van der Waals surface area contributed by atoms with Crippen LogP contribution in [0.25, 0.3) is 0 Å². The van der Waals surface area contributed by atoms with Crippen LogP contribution in [0.3, 0.4) is 0 Å². The van der Waals surface area contributed by atoms with Crippen LogP contribution < -0.4 is 0 Å². The third-order valence-corrected chi connectivity index (χ3v) is 2.58. The number of Topliss-reactive ketones (excluding diaryl/α,β-unsaturated/α-hetero) is 1. The lowest BCUT2D eigenvalue weighted by molar-refractivity contribution is -0.119. The summed E-state index contributed by atoms with van der Waals surface area (Å²) in [4.78, 5) is 24.9. The van der Waals surface area contributed by atoms with Crippen LogP contribution in [0.2, 0.25) is 0 Å². The number of amides is 1. The Morgan fingerprint density at radius 1 is 1.35 bits per heavy atom. The molecule has 4 heteroatoms. The summed E-state index contributed by atoms with van der Waals surface area (Å²) in [6.07, 6.45) is 7.09. The number of carbonyl (C=O) groups excluding carboxylic acids is 2. The van der Waals surface area contributed by atoms with Crippen molar-refractivity contribution < 1.29 is 14.3 Å². The highest BCUT2D eigenvalue weighted by Gasteiger charge is 2.33. The fraction of sp³-hybridized carbons (Fsp3) is 0.692. The largest absolute Gasteiger partial charge is 0.444 e. The zero-order valence-electron chi connectivity index (χ0n) is 10.7. The normalized spacial score (nSPS) is 20.6.